The largest absolute Gasteiger partial charge is 0.370 e. The maximum Gasteiger partial charge on any atom is 0.242 e. The zero-order valence-corrected chi connectivity index (χ0v) is 9.20. The number of amides is 1. The molecule has 0 heterocycles. The van der Waals surface area contributed by atoms with Gasteiger partial charge in [0.2, 0.25) is 5.91 Å². The van der Waals surface area contributed by atoms with E-state index >= 15 is 0 Å². The van der Waals surface area contributed by atoms with Crippen LogP contribution in [0.3, 0.4) is 0 Å². The van der Waals surface area contributed by atoms with Gasteiger partial charge >= 0.3 is 0 Å². The lowest BCUT2D eigenvalue weighted by Gasteiger charge is -2.11. The smallest absolute Gasteiger partial charge is 0.242 e. The van der Waals surface area contributed by atoms with E-state index < -0.39 is 0 Å². The van der Waals surface area contributed by atoms with Gasteiger partial charge in [-0.25, -0.2) is 4.99 Å². The fourth-order valence-electron chi connectivity index (χ4n) is 1.68. The van der Waals surface area contributed by atoms with Crippen LogP contribution < -0.4 is 16.4 Å². The number of nitrogens with one attached hydrogen (secondary N) is 2. The summed E-state index contributed by atoms with van der Waals surface area (Å²) in [5.74, 6) is 0.0109. The van der Waals surface area contributed by atoms with Gasteiger partial charge in [-0.3, -0.25) is 4.79 Å². The highest BCUT2D eigenvalue weighted by atomic mass is 16.1. The van der Waals surface area contributed by atoms with E-state index in [0.717, 1.165) is 12.8 Å². The van der Waals surface area contributed by atoms with Crippen molar-refractivity contribution in [2.75, 3.05) is 13.1 Å². The second-order valence-electron chi connectivity index (χ2n) is 3.76. The number of carbonyl (C=O) groups is 1. The minimum atomic E-state index is -0.294. The van der Waals surface area contributed by atoms with Crippen molar-refractivity contribution in [1.29, 1.82) is 5.26 Å². The lowest BCUT2D eigenvalue weighted by atomic mass is 10.2. The third kappa shape index (κ3) is 4.64. The van der Waals surface area contributed by atoms with Crippen molar-refractivity contribution >= 4 is 11.9 Å². The topological polar surface area (TPSA) is 103 Å². The van der Waals surface area contributed by atoms with Crippen molar-refractivity contribution in [2.45, 2.75) is 31.7 Å². The maximum atomic E-state index is 11.1. The Bertz CT molecular complexity index is 301. The Hall–Kier alpha value is -1.77. The van der Waals surface area contributed by atoms with Crippen LogP contribution in [0.15, 0.2) is 4.99 Å². The van der Waals surface area contributed by atoms with Crippen LogP contribution in [0.5, 0.6) is 0 Å². The molecule has 0 atom stereocenters. The van der Waals surface area contributed by atoms with E-state index in [1.54, 1.807) is 0 Å². The number of nitrogens with two attached hydrogens (primary N) is 1. The van der Waals surface area contributed by atoms with Gasteiger partial charge in [-0.15, -0.1) is 0 Å². The molecule has 0 bridgehead atoms. The summed E-state index contributed by atoms with van der Waals surface area (Å²) in [7, 11) is 0. The van der Waals surface area contributed by atoms with Gasteiger partial charge in [0, 0.05) is 6.04 Å². The van der Waals surface area contributed by atoms with Crippen LogP contribution in [0, 0.1) is 11.3 Å². The lowest BCUT2D eigenvalue weighted by Crippen LogP contribution is -2.39. The molecule has 88 valence electrons. The molecule has 16 heavy (non-hydrogen) atoms. The summed E-state index contributed by atoms with van der Waals surface area (Å²) in [5, 5.41) is 13.7. The van der Waals surface area contributed by atoms with Gasteiger partial charge in [0.15, 0.2) is 5.96 Å². The number of aliphatic imine (C=N–C) groups is 1. The monoisotopic (exact) mass is 223 g/mol. The van der Waals surface area contributed by atoms with Crippen molar-refractivity contribution in [3.05, 3.63) is 0 Å². The van der Waals surface area contributed by atoms with Gasteiger partial charge in [-0.1, -0.05) is 12.8 Å². The second kappa shape index (κ2) is 6.67. The molecule has 0 radical (unpaired) electrons. The molecule has 0 aliphatic heterocycles. The van der Waals surface area contributed by atoms with E-state index in [4.69, 9.17) is 11.0 Å². The zero-order chi connectivity index (χ0) is 11.8. The third-order valence-corrected chi connectivity index (χ3v) is 2.46. The van der Waals surface area contributed by atoms with Crippen LogP contribution in [0.25, 0.3) is 0 Å². The average Bonchev–Trinajstić information content (AvgIpc) is 2.76. The Balaban J connectivity index is 2.22. The van der Waals surface area contributed by atoms with Gasteiger partial charge < -0.3 is 16.4 Å². The first kappa shape index (κ1) is 12.3. The predicted octanol–water partition coefficient (Wildman–Crippen LogP) is -0.527. The summed E-state index contributed by atoms with van der Waals surface area (Å²) in [6.07, 6.45) is 4.65. The molecule has 1 amide bonds. The minimum Gasteiger partial charge on any atom is -0.370 e. The molecule has 6 nitrogen and oxygen atoms in total. The van der Waals surface area contributed by atoms with Crippen molar-refractivity contribution in [1.82, 2.24) is 10.6 Å². The summed E-state index contributed by atoms with van der Waals surface area (Å²) < 4.78 is 0. The van der Waals surface area contributed by atoms with E-state index in [9.17, 15) is 4.79 Å². The highest BCUT2D eigenvalue weighted by molar-refractivity contribution is 5.84. The fourth-order valence-corrected chi connectivity index (χ4v) is 1.68. The SMILES string of the molecule is N#CCNC(=O)CN=C(N)NC1CCCC1. The summed E-state index contributed by atoms with van der Waals surface area (Å²) in [6, 6.07) is 2.21. The maximum absolute atomic E-state index is 11.1. The van der Waals surface area contributed by atoms with Crippen molar-refractivity contribution < 1.29 is 4.79 Å². The van der Waals surface area contributed by atoms with Crippen molar-refractivity contribution in [2.24, 2.45) is 10.7 Å². The molecule has 1 saturated carbocycles. The van der Waals surface area contributed by atoms with Crippen molar-refractivity contribution in [3.8, 4) is 6.07 Å². The normalized spacial score (nSPS) is 16.8. The molecule has 1 aliphatic carbocycles. The number of rotatable bonds is 4. The molecule has 0 aromatic heterocycles. The molecule has 1 rings (SSSR count). The third-order valence-electron chi connectivity index (χ3n) is 2.46. The van der Waals surface area contributed by atoms with Crippen LogP contribution in [0.1, 0.15) is 25.7 Å². The van der Waals surface area contributed by atoms with Crippen LogP contribution in [0.2, 0.25) is 0 Å². The van der Waals surface area contributed by atoms with Gasteiger partial charge in [0.25, 0.3) is 0 Å². The average molecular weight is 223 g/mol. The Labute approximate surface area is 94.9 Å². The van der Waals surface area contributed by atoms with Crippen LogP contribution >= 0.6 is 0 Å². The highest BCUT2D eigenvalue weighted by Gasteiger charge is 2.14. The number of carbonyl (C=O) groups excluding carboxylic acids is 1. The molecular formula is C10H17N5O. The molecule has 6 heteroatoms. The highest BCUT2D eigenvalue weighted by Crippen LogP contribution is 2.17. The van der Waals surface area contributed by atoms with Crippen LogP contribution in [0.4, 0.5) is 0 Å². The minimum absolute atomic E-state index is 0.00428. The van der Waals surface area contributed by atoms with Gasteiger partial charge in [0.1, 0.15) is 13.1 Å². The standard InChI is InChI=1S/C10H17N5O/c11-5-6-13-9(16)7-14-10(12)15-8-3-1-2-4-8/h8H,1-4,6-7H2,(H,13,16)(H3,12,14,15). The van der Waals surface area contributed by atoms with E-state index in [1.807, 2.05) is 6.07 Å². The van der Waals surface area contributed by atoms with Crippen LogP contribution in [-0.4, -0.2) is 31.0 Å². The van der Waals surface area contributed by atoms with Crippen LogP contribution in [-0.2, 0) is 4.79 Å². The summed E-state index contributed by atoms with van der Waals surface area (Å²) in [6.45, 7) is -0.0302. The van der Waals surface area contributed by atoms with E-state index in [-0.39, 0.29) is 19.0 Å². The molecule has 0 unspecified atom stereocenters. The lowest BCUT2D eigenvalue weighted by molar-refractivity contribution is -0.119. The Morgan fingerprint density at radius 2 is 2.19 bits per heavy atom. The van der Waals surface area contributed by atoms with E-state index in [0.29, 0.717) is 12.0 Å². The number of guanidine groups is 1. The quantitative estimate of drug-likeness (QED) is 0.338. The zero-order valence-electron chi connectivity index (χ0n) is 9.20. The number of nitrogens with zero attached hydrogens (tertiary/aromatic N) is 2. The van der Waals surface area contributed by atoms with Gasteiger partial charge in [-0.2, -0.15) is 5.26 Å². The van der Waals surface area contributed by atoms with Crippen molar-refractivity contribution in [3.63, 3.8) is 0 Å². The number of nitriles is 1. The summed E-state index contributed by atoms with van der Waals surface area (Å²) >= 11 is 0. The molecule has 0 aromatic carbocycles. The molecule has 1 fully saturated rings. The number of hydrogen-bond donors (Lipinski definition) is 3. The fraction of sp³-hybridized carbons (Fsp3) is 0.700. The molecule has 1 aliphatic rings. The van der Waals surface area contributed by atoms with Gasteiger partial charge in [-0.05, 0) is 12.8 Å². The first-order valence-electron chi connectivity index (χ1n) is 5.42. The number of hydrogen-bond acceptors (Lipinski definition) is 3. The van der Waals surface area contributed by atoms with E-state index in [2.05, 4.69) is 15.6 Å². The molecule has 0 aromatic rings. The Morgan fingerprint density at radius 1 is 1.50 bits per heavy atom. The first-order chi connectivity index (χ1) is 7.72. The molecule has 0 saturated heterocycles. The second-order valence-corrected chi connectivity index (χ2v) is 3.76. The molecular weight excluding hydrogens is 206 g/mol. The molecule has 0 spiro atoms. The predicted molar refractivity (Wildman–Crippen MR) is 60.5 cm³/mol. The Morgan fingerprint density at radius 3 is 2.81 bits per heavy atom. The first-order valence-corrected chi connectivity index (χ1v) is 5.42. The van der Waals surface area contributed by atoms with Gasteiger partial charge in [0.05, 0.1) is 6.07 Å². The molecule has 4 N–H and O–H groups in total. The summed E-state index contributed by atoms with van der Waals surface area (Å²) in [4.78, 5) is 15.0. The Kier molecular flexibility index (Phi) is 5.12. The van der Waals surface area contributed by atoms with E-state index in [1.165, 1.54) is 12.8 Å². The summed E-state index contributed by atoms with van der Waals surface area (Å²) in [5.41, 5.74) is 5.62.